The number of sulfonamides is 1. The number of hydrogen-bond donors (Lipinski definition) is 2. The maximum Gasteiger partial charge on any atom is 0.263 e. The summed E-state index contributed by atoms with van der Waals surface area (Å²) < 4.78 is 26.9. The lowest BCUT2D eigenvalue weighted by Crippen LogP contribution is -2.38. The zero-order valence-corrected chi connectivity index (χ0v) is 15.3. The first-order valence-corrected chi connectivity index (χ1v) is 10.4. The summed E-state index contributed by atoms with van der Waals surface area (Å²) >= 11 is 1.07. The fourth-order valence-electron chi connectivity index (χ4n) is 2.48. The van der Waals surface area contributed by atoms with E-state index >= 15 is 0 Å². The smallest absolute Gasteiger partial charge is 0.263 e. The molecular weight excluding hydrogens is 350 g/mol. The van der Waals surface area contributed by atoms with Crippen LogP contribution in [-0.2, 0) is 14.8 Å². The summed E-state index contributed by atoms with van der Waals surface area (Å²) in [5.74, 6) is -0.825. The second-order valence-electron chi connectivity index (χ2n) is 5.61. The summed E-state index contributed by atoms with van der Waals surface area (Å²) in [6, 6.07) is 1.46. The molecule has 0 saturated carbocycles. The lowest BCUT2D eigenvalue weighted by molar-refractivity contribution is -0.120. The van der Waals surface area contributed by atoms with Gasteiger partial charge >= 0.3 is 0 Å². The van der Waals surface area contributed by atoms with Gasteiger partial charge < -0.3 is 10.6 Å². The number of carbonyl (C=O) groups excluding carboxylic acids is 2. The molecule has 0 atom stereocenters. The highest BCUT2D eigenvalue weighted by molar-refractivity contribution is 7.89. The summed E-state index contributed by atoms with van der Waals surface area (Å²) in [4.78, 5) is 24.0. The molecule has 0 aromatic carbocycles. The van der Waals surface area contributed by atoms with Gasteiger partial charge in [-0.2, -0.15) is 4.31 Å². The van der Waals surface area contributed by atoms with Gasteiger partial charge in [0.1, 0.15) is 9.77 Å². The summed E-state index contributed by atoms with van der Waals surface area (Å²) in [5.41, 5.74) is 0. The first kappa shape index (κ1) is 18.9. The third-order valence-electron chi connectivity index (χ3n) is 3.75. The van der Waals surface area contributed by atoms with E-state index in [1.165, 1.54) is 10.4 Å². The minimum absolute atomic E-state index is 0.0286. The van der Waals surface area contributed by atoms with Crippen LogP contribution < -0.4 is 10.6 Å². The topological polar surface area (TPSA) is 95.6 Å². The Bertz CT molecular complexity index is 679. The average Bonchev–Trinajstić information content (AvgIpc) is 3.09. The van der Waals surface area contributed by atoms with Crippen LogP contribution in [0.3, 0.4) is 0 Å². The van der Waals surface area contributed by atoms with Crippen molar-refractivity contribution in [1.29, 1.82) is 0 Å². The highest BCUT2D eigenvalue weighted by Crippen LogP contribution is 2.27. The predicted molar refractivity (Wildman–Crippen MR) is 92.6 cm³/mol. The van der Waals surface area contributed by atoms with Gasteiger partial charge in [-0.05, 0) is 30.7 Å². The third kappa shape index (κ3) is 4.55. The SMILES string of the molecule is CCCNC(=O)CNC(=O)c1sccc1S(=O)(=O)N1CCCCC1. The summed E-state index contributed by atoms with van der Waals surface area (Å²) in [5, 5.41) is 6.72. The number of nitrogens with one attached hydrogen (secondary N) is 2. The Balaban J connectivity index is 2.06. The fourth-order valence-corrected chi connectivity index (χ4v) is 5.31. The Labute approximate surface area is 146 Å². The van der Waals surface area contributed by atoms with E-state index < -0.39 is 15.9 Å². The van der Waals surface area contributed by atoms with Crippen molar-refractivity contribution in [3.8, 4) is 0 Å². The molecule has 2 amide bonds. The van der Waals surface area contributed by atoms with Crippen molar-refractivity contribution in [3.05, 3.63) is 16.3 Å². The molecule has 0 bridgehead atoms. The fraction of sp³-hybridized carbons (Fsp3) is 0.600. The standard InChI is InChI=1S/C15H23N3O4S2/c1-2-7-16-13(19)11-17-15(20)14-12(6-10-23-14)24(21,22)18-8-4-3-5-9-18/h6,10H,2-5,7-9,11H2,1H3,(H,16,19)(H,17,20). The predicted octanol–water partition coefficient (Wildman–Crippen LogP) is 1.18. The van der Waals surface area contributed by atoms with Gasteiger partial charge in [-0.25, -0.2) is 8.42 Å². The molecule has 134 valence electrons. The molecule has 1 aliphatic rings. The molecule has 0 spiro atoms. The minimum Gasteiger partial charge on any atom is -0.355 e. The van der Waals surface area contributed by atoms with E-state index in [-0.39, 0.29) is 22.2 Å². The van der Waals surface area contributed by atoms with Gasteiger partial charge in [-0.1, -0.05) is 13.3 Å². The van der Waals surface area contributed by atoms with Crippen molar-refractivity contribution in [3.63, 3.8) is 0 Å². The largest absolute Gasteiger partial charge is 0.355 e. The van der Waals surface area contributed by atoms with Crippen LogP contribution in [-0.4, -0.2) is 50.7 Å². The second kappa shape index (κ2) is 8.59. The Kier molecular flexibility index (Phi) is 6.76. The van der Waals surface area contributed by atoms with Crippen LogP contribution in [0.25, 0.3) is 0 Å². The summed E-state index contributed by atoms with van der Waals surface area (Å²) in [6.45, 7) is 3.28. The van der Waals surface area contributed by atoms with E-state index in [1.54, 1.807) is 5.38 Å². The summed E-state index contributed by atoms with van der Waals surface area (Å²) in [6.07, 6.45) is 3.50. The molecule has 2 heterocycles. The zero-order chi connectivity index (χ0) is 17.6. The molecule has 2 N–H and O–H groups in total. The lowest BCUT2D eigenvalue weighted by atomic mass is 10.2. The molecule has 1 aromatic rings. The van der Waals surface area contributed by atoms with E-state index in [2.05, 4.69) is 10.6 Å². The first-order chi connectivity index (χ1) is 11.5. The van der Waals surface area contributed by atoms with E-state index in [0.717, 1.165) is 37.0 Å². The highest BCUT2D eigenvalue weighted by Gasteiger charge is 2.30. The first-order valence-electron chi connectivity index (χ1n) is 8.09. The monoisotopic (exact) mass is 373 g/mol. The lowest BCUT2D eigenvalue weighted by Gasteiger charge is -2.25. The number of amides is 2. The average molecular weight is 374 g/mol. The number of hydrogen-bond acceptors (Lipinski definition) is 5. The van der Waals surface area contributed by atoms with Crippen molar-refractivity contribution >= 4 is 33.2 Å². The van der Waals surface area contributed by atoms with Crippen LogP contribution in [0.15, 0.2) is 16.3 Å². The van der Waals surface area contributed by atoms with Gasteiger partial charge in [0.05, 0.1) is 6.54 Å². The molecule has 0 radical (unpaired) electrons. The molecule has 1 aliphatic heterocycles. The van der Waals surface area contributed by atoms with Gasteiger partial charge in [0.15, 0.2) is 0 Å². The van der Waals surface area contributed by atoms with E-state index in [4.69, 9.17) is 0 Å². The number of carbonyl (C=O) groups is 2. The van der Waals surface area contributed by atoms with Crippen molar-refractivity contribution < 1.29 is 18.0 Å². The van der Waals surface area contributed by atoms with Crippen LogP contribution in [0.2, 0.25) is 0 Å². The van der Waals surface area contributed by atoms with Gasteiger partial charge in [0, 0.05) is 19.6 Å². The normalized spacial score (nSPS) is 15.9. The maximum absolute atomic E-state index is 12.7. The van der Waals surface area contributed by atoms with Gasteiger partial charge in [0.25, 0.3) is 5.91 Å². The van der Waals surface area contributed by atoms with E-state index in [1.807, 2.05) is 6.92 Å². The van der Waals surface area contributed by atoms with Crippen LogP contribution in [0, 0.1) is 0 Å². The number of nitrogens with zero attached hydrogens (tertiary/aromatic N) is 1. The van der Waals surface area contributed by atoms with Crippen LogP contribution in [0.4, 0.5) is 0 Å². The van der Waals surface area contributed by atoms with Crippen LogP contribution >= 0.6 is 11.3 Å². The molecular formula is C15H23N3O4S2. The summed E-state index contributed by atoms with van der Waals surface area (Å²) in [7, 11) is -3.66. The Morgan fingerprint density at radius 3 is 2.58 bits per heavy atom. The van der Waals surface area contributed by atoms with Gasteiger partial charge in [0.2, 0.25) is 15.9 Å². The molecule has 2 rings (SSSR count). The van der Waals surface area contributed by atoms with E-state index in [0.29, 0.717) is 19.6 Å². The molecule has 0 unspecified atom stereocenters. The molecule has 1 fully saturated rings. The minimum atomic E-state index is -3.66. The highest BCUT2D eigenvalue weighted by atomic mass is 32.2. The quantitative estimate of drug-likeness (QED) is 0.750. The maximum atomic E-state index is 12.7. The number of piperidine rings is 1. The molecule has 1 saturated heterocycles. The molecule has 24 heavy (non-hydrogen) atoms. The second-order valence-corrected chi connectivity index (χ2v) is 8.43. The van der Waals surface area contributed by atoms with Crippen molar-refractivity contribution in [2.45, 2.75) is 37.5 Å². The Morgan fingerprint density at radius 2 is 1.92 bits per heavy atom. The third-order valence-corrected chi connectivity index (χ3v) is 6.73. The van der Waals surface area contributed by atoms with E-state index in [9.17, 15) is 18.0 Å². The van der Waals surface area contributed by atoms with Crippen molar-refractivity contribution in [2.24, 2.45) is 0 Å². The molecule has 7 nitrogen and oxygen atoms in total. The Morgan fingerprint density at radius 1 is 1.21 bits per heavy atom. The zero-order valence-electron chi connectivity index (χ0n) is 13.7. The molecule has 9 heteroatoms. The molecule has 0 aliphatic carbocycles. The van der Waals surface area contributed by atoms with Crippen LogP contribution in [0.5, 0.6) is 0 Å². The Hall–Kier alpha value is -1.45. The van der Waals surface area contributed by atoms with Crippen molar-refractivity contribution in [2.75, 3.05) is 26.2 Å². The number of rotatable bonds is 7. The van der Waals surface area contributed by atoms with Gasteiger partial charge in [-0.3, -0.25) is 9.59 Å². The van der Waals surface area contributed by atoms with Crippen molar-refractivity contribution in [1.82, 2.24) is 14.9 Å². The van der Waals surface area contributed by atoms with Crippen LogP contribution in [0.1, 0.15) is 42.3 Å². The molecule has 1 aromatic heterocycles. The number of thiophene rings is 1. The van der Waals surface area contributed by atoms with Gasteiger partial charge in [-0.15, -0.1) is 11.3 Å².